The fraction of sp³-hybridized carbons (Fsp3) is 0.270. The van der Waals surface area contributed by atoms with Gasteiger partial charge in [-0.1, -0.05) is 24.3 Å². The molecule has 4 aromatic rings. The molecule has 0 bridgehead atoms. The fourth-order valence-corrected chi connectivity index (χ4v) is 6.31. The largest absolute Gasteiger partial charge is 0.482 e. The molecule has 49 heavy (non-hydrogen) atoms. The topological polar surface area (TPSA) is 170 Å². The number of ether oxygens (including phenoxy) is 3. The first-order valence-electron chi connectivity index (χ1n) is 15.3. The van der Waals surface area contributed by atoms with Crippen molar-refractivity contribution in [3.05, 3.63) is 123 Å². The number of nitriles is 1. The van der Waals surface area contributed by atoms with Gasteiger partial charge in [0.05, 0.1) is 40.9 Å². The Morgan fingerprint density at radius 1 is 1.10 bits per heavy atom. The molecule has 1 unspecified atom stereocenters. The van der Waals surface area contributed by atoms with E-state index in [2.05, 4.69) is 9.83 Å². The van der Waals surface area contributed by atoms with Gasteiger partial charge < -0.3 is 23.7 Å². The third-order valence-electron chi connectivity index (χ3n) is 9.21. The highest BCUT2D eigenvalue weighted by atomic mass is 16.6. The molecule has 6 rings (SSSR count). The Hall–Kier alpha value is -6.11. The Bertz CT molecular complexity index is 2080. The molecule has 1 N–H and O–H groups in total. The van der Waals surface area contributed by atoms with Gasteiger partial charge in [0.15, 0.2) is 17.1 Å². The second-order valence-electron chi connectivity index (χ2n) is 12.4. The summed E-state index contributed by atoms with van der Waals surface area (Å²) >= 11 is 0. The van der Waals surface area contributed by atoms with Gasteiger partial charge in [0.25, 0.3) is 0 Å². The van der Waals surface area contributed by atoms with Crippen LogP contribution in [0, 0.1) is 29.7 Å². The quantitative estimate of drug-likeness (QED) is 0.201. The highest BCUT2D eigenvalue weighted by Crippen LogP contribution is 2.50. The smallest absolute Gasteiger partial charge is 0.351 e. The highest BCUT2D eigenvalue weighted by molar-refractivity contribution is 6.02. The number of benzene rings is 2. The van der Waals surface area contributed by atoms with Gasteiger partial charge in [-0.3, -0.25) is 9.78 Å². The van der Waals surface area contributed by atoms with Gasteiger partial charge in [0.1, 0.15) is 29.8 Å². The number of rotatable bonds is 7. The molecule has 1 saturated carbocycles. The van der Waals surface area contributed by atoms with Crippen molar-refractivity contribution in [2.75, 3.05) is 6.61 Å². The lowest BCUT2D eigenvalue weighted by atomic mass is 9.62. The van der Waals surface area contributed by atoms with Crippen LogP contribution in [0.1, 0.15) is 63.3 Å². The first-order chi connectivity index (χ1) is 23.4. The normalized spacial score (nSPS) is 22.1. The van der Waals surface area contributed by atoms with Gasteiger partial charge in [0.2, 0.25) is 0 Å². The molecule has 0 radical (unpaired) electrons. The first kappa shape index (κ1) is 32.8. The number of Topliss-reactive ketones (excluding diaryl/α,β-unsaturated/α-hetero) is 1. The van der Waals surface area contributed by atoms with Gasteiger partial charge in [-0.25, -0.2) is 19.2 Å². The summed E-state index contributed by atoms with van der Waals surface area (Å²) in [5.41, 5.74) is -2.93. The van der Waals surface area contributed by atoms with E-state index < -0.39 is 59.1 Å². The molecule has 2 aliphatic rings. The van der Waals surface area contributed by atoms with E-state index in [0.29, 0.717) is 16.8 Å². The average Bonchev–Trinajstić information content (AvgIpc) is 3.11. The average molecular weight is 660 g/mol. The number of esters is 2. The number of hydrogen-bond donors (Lipinski definition) is 1. The third-order valence-corrected chi connectivity index (χ3v) is 9.21. The van der Waals surface area contributed by atoms with Crippen LogP contribution in [0.2, 0.25) is 0 Å². The first-order valence-corrected chi connectivity index (χ1v) is 15.3. The molecule has 1 fully saturated rings. The van der Waals surface area contributed by atoms with Gasteiger partial charge in [-0.05, 0) is 69.0 Å². The van der Waals surface area contributed by atoms with Crippen molar-refractivity contribution >= 4 is 23.4 Å². The van der Waals surface area contributed by atoms with Crippen LogP contribution >= 0.6 is 0 Å². The molecule has 1 aliphatic heterocycles. The number of fused-ring (bicyclic) bond motifs is 2. The molecule has 0 amide bonds. The number of carbonyl (C=O) groups is 3. The predicted molar refractivity (Wildman–Crippen MR) is 172 cm³/mol. The molecular weight excluding hydrogens is 630 g/mol. The minimum Gasteiger partial charge on any atom is -0.482 e. The zero-order valence-electron chi connectivity index (χ0n) is 26.4. The second kappa shape index (κ2) is 12.8. The highest BCUT2D eigenvalue weighted by Gasteiger charge is 2.60. The number of carbonyl (C=O) groups excluding carboxylic acids is 3. The van der Waals surface area contributed by atoms with Crippen molar-refractivity contribution < 1.29 is 38.1 Å². The number of pyridine rings is 1. The molecule has 1 aliphatic carbocycles. The van der Waals surface area contributed by atoms with Crippen LogP contribution in [0.5, 0.6) is 5.75 Å². The van der Waals surface area contributed by atoms with Crippen molar-refractivity contribution in [1.82, 2.24) is 4.98 Å². The maximum absolute atomic E-state index is 14.2. The molecule has 12 nitrogen and oxygen atoms in total. The molecule has 2 aromatic carbocycles. The van der Waals surface area contributed by atoms with Gasteiger partial charge in [0, 0.05) is 24.0 Å². The van der Waals surface area contributed by atoms with E-state index in [9.17, 15) is 24.3 Å². The molecule has 3 heterocycles. The van der Waals surface area contributed by atoms with E-state index in [0.717, 1.165) is 0 Å². The fourth-order valence-electron chi connectivity index (χ4n) is 6.31. The van der Waals surface area contributed by atoms with Crippen LogP contribution in [0.15, 0.2) is 88.3 Å². The summed E-state index contributed by atoms with van der Waals surface area (Å²) in [6.45, 7) is 9.68. The van der Waals surface area contributed by atoms with E-state index in [4.69, 9.17) is 30.5 Å². The van der Waals surface area contributed by atoms with Gasteiger partial charge >= 0.3 is 17.6 Å². The predicted octanol–water partition coefficient (Wildman–Crippen LogP) is 5.32. The monoisotopic (exact) mass is 659 g/mol. The van der Waals surface area contributed by atoms with E-state index in [1.54, 1.807) is 25.3 Å². The maximum atomic E-state index is 14.2. The summed E-state index contributed by atoms with van der Waals surface area (Å²) in [5.74, 6) is -3.86. The van der Waals surface area contributed by atoms with Crippen molar-refractivity contribution in [1.29, 1.82) is 5.26 Å². The maximum Gasteiger partial charge on any atom is 0.351 e. The summed E-state index contributed by atoms with van der Waals surface area (Å²) in [6.07, 6.45) is 1.91. The Morgan fingerprint density at radius 2 is 1.80 bits per heavy atom. The van der Waals surface area contributed by atoms with E-state index >= 15 is 0 Å². The molecule has 0 saturated heterocycles. The molecule has 0 spiro atoms. The second-order valence-corrected chi connectivity index (χ2v) is 12.4. The Kier molecular flexibility index (Phi) is 8.59. The summed E-state index contributed by atoms with van der Waals surface area (Å²) in [4.78, 5) is 61.0. The van der Waals surface area contributed by atoms with E-state index in [1.807, 2.05) is 6.07 Å². The van der Waals surface area contributed by atoms with Crippen LogP contribution in [0.3, 0.4) is 0 Å². The number of hydrogen-bond acceptors (Lipinski definition) is 11. The molecule has 246 valence electrons. The molecule has 2 aromatic heterocycles. The Balaban J connectivity index is 1.33. The zero-order chi connectivity index (χ0) is 34.9. The number of nitrogens with zero attached hydrogens (tertiary/aromatic N) is 3. The van der Waals surface area contributed by atoms with E-state index in [-0.39, 0.29) is 41.0 Å². The van der Waals surface area contributed by atoms with Gasteiger partial charge in [-0.2, -0.15) is 5.26 Å². The van der Waals surface area contributed by atoms with Crippen molar-refractivity contribution in [2.45, 2.75) is 44.0 Å². The van der Waals surface area contributed by atoms with E-state index in [1.165, 1.54) is 67.7 Å². The van der Waals surface area contributed by atoms with Crippen LogP contribution in [0.25, 0.3) is 16.2 Å². The van der Waals surface area contributed by atoms with Crippen LogP contribution in [-0.4, -0.2) is 51.7 Å². The molecular formula is C37H29N3O9. The SMILES string of the molecule is [C-]#[N+]c1ccc(C(=O)OCC(C)(O)[C@@H]2C[C@H](OC(=O)c3ccc(C#N)cc3)[C@@]3(C)Oc4cc(-c5cccnc5)oc(=O)c4C(=O)[C@@H]3C2)cc1. The minimum atomic E-state index is -1.72. The van der Waals surface area contributed by atoms with Crippen LogP contribution in [0.4, 0.5) is 5.69 Å². The lowest BCUT2D eigenvalue weighted by Crippen LogP contribution is -2.63. The van der Waals surface area contributed by atoms with Crippen molar-refractivity contribution in [3.8, 4) is 23.1 Å². The third kappa shape index (κ3) is 6.30. The number of aliphatic hydroxyl groups is 1. The van der Waals surface area contributed by atoms with Crippen LogP contribution < -0.4 is 10.4 Å². The standard InChI is InChI=1S/C37H29N3O9/c1-36(45,20-46-33(42)22-10-12-26(39-3)13-11-22)25-15-27-32(41)31-29(17-28(47-35(31)44)24-5-4-14-40-19-24)49-37(27,2)30(16-25)48-34(43)23-8-6-21(18-38)7-9-23/h4-14,17,19,25,27,30,45H,15-16,20H2,1-2H3/t25-,27-,30-,36?,37-/m0/s1. The lowest BCUT2D eigenvalue weighted by molar-refractivity contribution is -0.153. The van der Waals surface area contributed by atoms with Crippen molar-refractivity contribution in [3.63, 3.8) is 0 Å². The molecule has 12 heteroatoms. The molecule has 5 atom stereocenters. The summed E-state index contributed by atoms with van der Waals surface area (Å²) in [5, 5.41) is 20.9. The number of aromatic nitrogens is 1. The summed E-state index contributed by atoms with van der Waals surface area (Å²) in [7, 11) is 0. The van der Waals surface area contributed by atoms with Crippen molar-refractivity contribution in [2.24, 2.45) is 11.8 Å². The summed E-state index contributed by atoms with van der Waals surface area (Å²) in [6, 6.07) is 18.4. The zero-order valence-corrected chi connectivity index (χ0v) is 26.4. The Morgan fingerprint density at radius 3 is 2.45 bits per heavy atom. The number of ketones is 1. The Labute approximate surface area is 280 Å². The summed E-state index contributed by atoms with van der Waals surface area (Å²) < 4.78 is 23.4. The lowest BCUT2D eigenvalue weighted by Gasteiger charge is -2.52. The minimum absolute atomic E-state index is 0.00120. The van der Waals surface area contributed by atoms with Gasteiger partial charge in [-0.15, -0.1) is 0 Å². The van der Waals surface area contributed by atoms with Crippen LogP contribution in [-0.2, 0) is 9.47 Å².